The van der Waals surface area contributed by atoms with Crippen molar-refractivity contribution in [2.75, 3.05) is 12.8 Å². The maximum atomic E-state index is 6.83. The van der Waals surface area contributed by atoms with Crippen molar-refractivity contribution in [2.45, 2.75) is 0 Å². The van der Waals surface area contributed by atoms with Crippen LogP contribution in [0.2, 0.25) is 5.15 Å². The van der Waals surface area contributed by atoms with Crippen molar-refractivity contribution in [3.63, 3.8) is 0 Å². The first-order valence-electron chi connectivity index (χ1n) is 3.99. The Bertz CT molecular complexity index is 295. The van der Waals surface area contributed by atoms with Crippen molar-refractivity contribution < 1.29 is 8.85 Å². The zero-order valence-electron chi connectivity index (χ0n) is 7.97. The fourth-order valence-electron chi connectivity index (χ4n) is 0.537. The van der Waals surface area contributed by atoms with Crippen LogP contribution in [0.1, 0.15) is 4.11 Å². The summed E-state index contributed by atoms with van der Waals surface area (Å²) in [4.78, 5) is 3.63. The lowest BCUT2D eigenvalue weighted by atomic mass is 10.4. The summed E-state index contributed by atoms with van der Waals surface area (Å²) >= 11 is 5.57. The fraction of sp³-hybridized carbons (Fsp3) is 0.167. The Labute approximate surface area is 68.0 Å². The highest BCUT2D eigenvalue weighted by Crippen LogP contribution is 2.27. The minimum Gasteiger partial charge on any atom is -0.491 e. The van der Waals surface area contributed by atoms with E-state index >= 15 is 0 Å². The lowest BCUT2D eigenvalue weighted by Crippen LogP contribution is -1.93. The molecule has 0 aliphatic heterocycles. The molecule has 0 aromatic carbocycles. The van der Waals surface area contributed by atoms with Gasteiger partial charge < -0.3 is 10.5 Å². The second kappa shape index (κ2) is 2.75. The van der Waals surface area contributed by atoms with Gasteiger partial charge in [-0.15, -0.1) is 0 Å². The molecule has 0 saturated heterocycles. The summed E-state index contributed by atoms with van der Waals surface area (Å²) in [6.45, 7) is 0. The van der Waals surface area contributed by atoms with Crippen LogP contribution < -0.4 is 10.5 Å². The third kappa shape index (κ3) is 1.14. The normalized spacial score (nSPS) is 15.1. The Morgan fingerprint density at radius 1 is 1.90 bits per heavy atom. The molecular weight excluding hydrogens is 152 g/mol. The molecule has 54 valence electrons. The van der Waals surface area contributed by atoms with Crippen LogP contribution in [0.3, 0.4) is 0 Å². The number of anilines is 1. The number of methoxy groups -OCH3 is 1. The Morgan fingerprint density at radius 2 is 2.70 bits per heavy atom. The Kier molecular flexibility index (Phi) is 1.11. The molecule has 0 fully saturated rings. The van der Waals surface area contributed by atoms with E-state index < -0.39 is 7.04 Å². The van der Waals surface area contributed by atoms with Crippen molar-refractivity contribution in [1.29, 1.82) is 0 Å². The Balaban J connectivity index is 3.00. The molecule has 1 aromatic rings. The first kappa shape index (κ1) is 4.03. The van der Waals surface area contributed by atoms with E-state index in [0.29, 0.717) is 0 Å². The quantitative estimate of drug-likeness (QED) is 0.633. The van der Waals surface area contributed by atoms with Gasteiger partial charge in [-0.2, -0.15) is 0 Å². The molecule has 0 spiro atoms. The largest absolute Gasteiger partial charge is 0.491 e. The molecule has 0 saturated carbocycles. The van der Waals surface area contributed by atoms with Crippen LogP contribution in [0.4, 0.5) is 5.69 Å². The van der Waals surface area contributed by atoms with E-state index in [2.05, 4.69) is 9.72 Å². The van der Waals surface area contributed by atoms with E-state index in [9.17, 15) is 0 Å². The number of halogens is 1. The highest BCUT2D eigenvalue weighted by molar-refractivity contribution is 6.31. The van der Waals surface area contributed by atoms with Gasteiger partial charge in [0.1, 0.15) is 0 Å². The van der Waals surface area contributed by atoms with E-state index in [1.807, 2.05) is 0 Å². The van der Waals surface area contributed by atoms with Gasteiger partial charge in [0.05, 0.1) is 16.8 Å². The lowest BCUT2D eigenvalue weighted by molar-refractivity contribution is 0.415. The van der Waals surface area contributed by atoms with Crippen LogP contribution in [0.5, 0.6) is 5.75 Å². The van der Waals surface area contributed by atoms with Gasteiger partial charge in [0.25, 0.3) is 0 Å². The Hall–Kier alpha value is -0.960. The van der Waals surface area contributed by atoms with E-state index in [4.69, 9.17) is 21.4 Å². The molecule has 1 heterocycles. The monoisotopic (exact) mass is 161 g/mol. The summed E-state index contributed by atoms with van der Waals surface area (Å²) < 4.78 is 25.0. The number of nitrogens with two attached hydrogens (primary N) is 1. The van der Waals surface area contributed by atoms with Gasteiger partial charge in [0.15, 0.2) is 10.9 Å². The van der Waals surface area contributed by atoms with E-state index in [0.717, 1.165) is 0 Å². The zero-order chi connectivity index (χ0) is 10.1. The SMILES string of the molecule is [2H]C([2H])([2H])Oc1c(N)ccnc1Cl. The molecule has 3 nitrogen and oxygen atoms in total. The summed E-state index contributed by atoms with van der Waals surface area (Å²) in [7, 11) is -2.57. The van der Waals surface area contributed by atoms with Crippen LogP contribution in [0, 0.1) is 0 Å². The highest BCUT2D eigenvalue weighted by atomic mass is 35.5. The molecule has 0 aliphatic rings. The number of pyridine rings is 1. The number of ether oxygens (including phenoxy) is 1. The maximum Gasteiger partial charge on any atom is 0.179 e. The fourth-order valence-corrected chi connectivity index (χ4v) is 0.741. The van der Waals surface area contributed by atoms with Gasteiger partial charge in [0.2, 0.25) is 0 Å². The first-order chi connectivity index (χ1) is 5.90. The number of nitrogen functional groups attached to an aromatic ring is 1. The summed E-state index contributed by atoms with van der Waals surface area (Å²) in [5.74, 6) is -0.107. The minimum atomic E-state index is -2.57. The summed E-state index contributed by atoms with van der Waals surface area (Å²) in [5, 5.41) is -0.0591. The van der Waals surface area contributed by atoms with Gasteiger partial charge in [-0.25, -0.2) is 4.98 Å². The zero-order valence-corrected chi connectivity index (χ0v) is 5.72. The molecule has 0 radical (unpaired) electrons. The predicted octanol–water partition coefficient (Wildman–Crippen LogP) is 1.33. The number of nitrogens with zero attached hydrogens (tertiary/aromatic N) is 1. The van der Waals surface area contributed by atoms with Crippen molar-refractivity contribution in [1.82, 2.24) is 4.98 Å². The number of aromatic nitrogens is 1. The molecule has 1 aromatic heterocycles. The highest BCUT2D eigenvalue weighted by Gasteiger charge is 2.03. The maximum absolute atomic E-state index is 6.83. The van der Waals surface area contributed by atoms with Gasteiger partial charge in [-0.1, -0.05) is 11.6 Å². The van der Waals surface area contributed by atoms with Crippen LogP contribution in [0.15, 0.2) is 12.3 Å². The molecule has 2 N–H and O–H groups in total. The molecule has 10 heavy (non-hydrogen) atoms. The number of hydrogen-bond donors (Lipinski definition) is 1. The average Bonchev–Trinajstić information content (AvgIpc) is 1.95. The number of rotatable bonds is 1. The first-order valence-corrected chi connectivity index (χ1v) is 2.87. The second-order valence-corrected chi connectivity index (χ2v) is 1.98. The molecule has 1 rings (SSSR count). The minimum absolute atomic E-state index is 0.0591. The van der Waals surface area contributed by atoms with Crippen molar-refractivity contribution in [2.24, 2.45) is 0 Å². The van der Waals surface area contributed by atoms with E-state index in [1.54, 1.807) is 0 Å². The van der Waals surface area contributed by atoms with Crippen molar-refractivity contribution in [3.05, 3.63) is 17.4 Å². The molecular formula is C6H7ClN2O. The topological polar surface area (TPSA) is 48.1 Å². The van der Waals surface area contributed by atoms with Gasteiger partial charge in [-0.05, 0) is 6.07 Å². The molecule has 0 atom stereocenters. The Morgan fingerprint density at radius 3 is 3.30 bits per heavy atom. The van der Waals surface area contributed by atoms with Crippen molar-refractivity contribution in [3.8, 4) is 5.75 Å². The third-order valence-electron chi connectivity index (χ3n) is 0.994. The van der Waals surface area contributed by atoms with Gasteiger partial charge in [-0.3, -0.25) is 0 Å². The number of hydrogen-bond acceptors (Lipinski definition) is 3. The van der Waals surface area contributed by atoms with Crippen LogP contribution in [-0.4, -0.2) is 12.0 Å². The lowest BCUT2D eigenvalue weighted by Gasteiger charge is -2.03. The van der Waals surface area contributed by atoms with Crippen LogP contribution in [0.25, 0.3) is 0 Å². The average molecular weight is 162 g/mol. The molecule has 4 heteroatoms. The molecule has 0 amide bonds. The molecule has 0 bridgehead atoms. The van der Waals surface area contributed by atoms with Gasteiger partial charge in [0, 0.05) is 6.20 Å². The molecule has 0 unspecified atom stereocenters. The van der Waals surface area contributed by atoms with Crippen LogP contribution in [-0.2, 0) is 0 Å². The third-order valence-corrected chi connectivity index (χ3v) is 1.26. The predicted molar refractivity (Wildman–Crippen MR) is 40.2 cm³/mol. The summed E-state index contributed by atoms with van der Waals surface area (Å²) in [6.07, 6.45) is 1.37. The van der Waals surface area contributed by atoms with E-state index in [1.165, 1.54) is 12.3 Å². The van der Waals surface area contributed by atoms with Crippen molar-refractivity contribution >= 4 is 17.3 Å². The summed E-state index contributed by atoms with van der Waals surface area (Å²) in [5.41, 5.74) is 5.58. The smallest absolute Gasteiger partial charge is 0.179 e. The standard InChI is InChI=1S/C6H7ClN2O/c1-10-5-4(8)2-3-9-6(5)7/h2-3H,1H3,(H2,8,9)/i1D3. The summed E-state index contributed by atoms with van der Waals surface area (Å²) in [6, 6.07) is 1.41. The second-order valence-electron chi connectivity index (χ2n) is 1.62. The van der Waals surface area contributed by atoms with Crippen LogP contribution >= 0.6 is 11.6 Å². The van der Waals surface area contributed by atoms with Gasteiger partial charge >= 0.3 is 0 Å². The van der Waals surface area contributed by atoms with E-state index in [-0.39, 0.29) is 16.6 Å². The molecule has 0 aliphatic carbocycles.